The number of amides is 1. The Balaban J connectivity index is 1.67. The minimum absolute atomic E-state index is 0.0170. The molecule has 2 heterocycles. The lowest BCUT2D eigenvalue weighted by Crippen LogP contribution is -2.39. The molecule has 2 aliphatic heterocycles. The number of hydrogen-bond acceptors (Lipinski definition) is 5. The normalized spacial score (nSPS) is 27.8. The van der Waals surface area contributed by atoms with Gasteiger partial charge in [-0.25, -0.2) is 10.9 Å². The van der Waals surface area contributed by atoms with Crippen molar-refractivity contribution in [2.75, 3.05) is 0 Å². The van der Waals surface area contributed by atoms with E-state index in [4.69, 9.17) is 0 Å². The first-order valence-electron chi connectivity index (χ1n) is 8.17. The van der Waals surface area contributed by atoms with Crippen LogP contribution in [0.1, 0.15) is 28.8 Å². The van der Waals surface area contributed by atoms with Gasteiger partial charge in [0.05, 0.1) is 17.0 Å². The highest BCUT2D eigenvalue weighted by Gasteiger charge is 2.51. The van der Waals surface area contributed by atoms with Crippen molar-refractivity contribution in [3.05, 3.63) is 75.3 Å². The second-order valence-corrected chi connectivity index (χ2v) is 6.57. The molecule has 0 aromatic heterocycles. The van der Waals surface area contributed by atoms with Crippen LogP contribution in [0.25, 0.3) is 0 Å². The summed E-state index contributed by atoms with van der Waals surface area (Å²) in [5.41, 5.74) is 9.52. The minimum Gasteiger partial charge on any atom is -0.347 e. The van der Waals surface area contributed by atoms with Crippen molar-refractivity contribution < 1.29 is 9.72 Å². The van der Waals surface area contributed by atoms with Crippen molar-refractivity contribution in [1.29, 1.82) is 0 Å². The van der Waals surface area contributed by atoms with Crippen LogP contribution in [0.2, 0.25) is 0 Å². The molecule has 4 unspecified atom stereocenters. The number of carbonyl (C=O) groups excluding carboxylic acids is 1. The Labute approximate surface area is 144 Å². The smallest absolute Gasteiger partial charge is 0.269 e. The zero-order valence-electron chi connectivity index (χ0n) is 13.6. The molecule has 0 spiro atoms. The largest absolute Gasteiger partial charge is 0.347 e. The van der Waals surface area contributed by atoms with Crippen molar-refractivity contribution >= 4 is 11.6 Å². The Hall–Kier alpha value is -2.77. The van der Waals surface area contributed by atoms with E-state index in [0.717, 1.165) is 11.1 Å². The highest BCUT2D eigenvalue weighted by atomic mass is 16.6. The fourth-order valence-corrected chi connectivity index (χ4v) is 3.72. The molecule has 0 radical (unpaired) electrons. The van der Waals surface area contributed by atoms with Gasteiger partial charge >= 0.3 is 0 Å². The SMILES string of the molecule is Cc1ccc(C2NNC3C(=O)NC(c4ccc([N+](=O)[O-])cc4)C32)cc1. The quantitative estimate of drug-likeness (QED) is 0.587. The predicted molar refractivity (Wildman–Crippen MR) is 91.4 cm³/mol. The lowest BCUT2D eigenvalue weighted by atomic mass is 9.83. The molecule has 2 aromatic carbocycles. The number of nitro groups is 1. The van der Waals surface area contributed by atoms with Crippen LogP contribution in [0.4, 0.5) is 5.69 Å². The third-order valence-electron chi connectivity index (χ3n) is 5.03. The van der Waals surface area contributed by atoms with Gasteiger partial charge in [0, 0.05) is 18.1 Å². The summed E-state index contributed by atoms with van der Waals surface area (Å²) in [5, 5.41) is 13.9. The summed E-state index contributed by atoms with van der Waals surface area (Å²) in [5.74, 6) is -0.0767. The van der Waals surface area contributed by atoms with E-state index in [-0.39, 0.29) is 35.6 Å². The highest BCUT2D eigenvalue weighted by Crippen LogP contribution is 2.42. The van der Waals surface area contributed by atoms with E-state index in [1.54, 1.807) is 12.1 Å². The number of nitro benzene ring substituents is 1. The van der Waals surface area contributed by atoms with Crippen molar-refractivity contribution in [1.82, 2.24) is 16.2 Å². The predicted octanol–water partition coefficient (Wildman–Crippen LogP) is 1.91. The molecule has 7 nitrogen and oxygen atoms in total. The zero-order chi connectivity index (χ0) is 17.6. The van der Waals surface area contributed by atoms with E-state index in [1.165, 1.54) is 17.7 Å². The van der Waals surface area contributed by atoms with Gasteiger partial charge in [-0.3, -0.25) is 14.9 Å². The summed E-state index contributed by atoms with van der Waals surface area (Å²) in [6, 6.07) is 14.1. The molecule has 1 amide bonds. The summed E-state index contributed by atoms with van der Waals surface area (Å²) in [6.07, 6.45) is 0. The lowest BCUT2D eigenvalue weighted by Gasteiger charge is -2.24. The van der Waals surface area contributed by atoms with Crippen molar-refractivity contribution in [3.8, 4) is 0 Å². The maximum atomic E-state index is 12.3. The van der Waals surface area contributed by atoms with Gasteiger partial charge in [-0.15, -0.1) is 0 Å². The molecular weight excluding hydrogens is 320 g/mol. The fraction of sp³-hybridized carbons (Fsp3) is 0.278. The number of non-ortho nitro benzene ring substituents is 1. The second kappa shape index (κ2) is 5.94. The Bertz CT molecular complexity index is 819. The second-order valence-electron chi connectivity index (χ2n) is 6.57. The number of nitrogens with one attached hydrogen (secondary N) is 3. The van der Waals surface area contributed by atoms with Gasteiger partial charge in [0.25, 0.3) is 5.69 Å². The zero-order valence-corrected chi connectivity index (χ0v) is 13.6. The van der Waals surface area contributed by atoms with E-state index in [9.17, 15) is 14.9 Å². The average molecular weight is 338 g/mol. The van der Waals surface area contributed by atoms with Gasteiger partial charge in [0.2, 0.25) is 5.91 Å². The van der Waals surface area contributed by atoms with Crippen LogP contribution in [0, 0.1) is 23.0 Å². The summed E-state index contributed by atoms with van der Waals surface area (Å²) >= 11 is 0. The Morgan fingerprint density at radius 3 is 2.08 bits per heavy atom. The number of rotatable bonds is 3. The van der Waals surface area contributed by atoms with Crippen LogP contribution in [0.15, 0.2) is 48.5 Å². The molecule has 0 bridgehead atoms. The molecule has 4 rings (SSSR count). The van der Waals surface area contributed by atoms with Crippen LogP contribution in [0.5, 0.6) is 0 Å². The highest BCUT2D eigenvalue weighted by molar-refractivity contribution is 5.86. The third kappa shape index (κ3) is 2.67. The summed E-state index contributed by atoms with van der Waals surface area (Å²) in [7, 11) is 0. The number of hydrazine groups is 1. The van der Waals surface area contributed by atoms with Gasteiger partial charge < -0.3 is 5.32 Å². The monoisotopic (exact) mass is 338 g/mol. The maximum Gasteiger partial charge on any atom is 0.269 e. The third-order valence-corrected chi connectivity index (χ3v) is 5.03. The lowest BCUT2D eigenvalue weighted by molar-refractivity contribution is -0.384. The molecule has 2 aromatic rings. The summed E-state index contributed by atoms with van der Waals surface area (Å²) in [6.45, 7) is 2.03. The number of carbonyl (C=O) groups is 1. The van der Waals surface area contributed by atoms with E-state index < -0.39 is 4.92 Å². The van der Waals surface area contributed by atoms with E-state index in [2.05, 4.69) is 40.4 Å². The Morgan fingerprint density at radius 1 is 0.880 bits per heavy atom. The molecule has 2 aliphatic rings. The number of fused-ring (bicyclic) bond motifs is 1. The van der Waals surface area contributed by atoms with Crippen molar-refractivity contribution in [2.45, 2.75) is 25.0 Å². The molecule has 128 valence electrons. The maximum absolute atomic E-state index is 12.3. The van der Waals surface area contributed by atoms with Crippen LogP contribution >= 0.6 is 0 Å². The molecular formula is C18H18N4O3. The number of nitrogens with zero attached hydrogens (tertiary/aromatic N) is 1. The standard InChI is InChI=1S/C18H18N4O3/c1-10-2-4-12(5-3-10)16-14-15(19-18(23)17(14)21-20-16)11-6-8-13(9-7-11)22(24)25/h2-9,14-17,20-21H,1H3,(H,19,23). The number of hydrogen-bond donors (Lipinski definition) is 3. The van der Waals surface area contributed by atoms with Crippen molar-refractivity contribution in [3.63, 3.8) is 0 Å². The van der Waals surface area contributed by atoms with Gasteiger partial charge in [-0.2, -0.15) is 0 Å². The molecule has 3 N–H and O–H groups in total. The van der Waals surface area contributed by atoms with Gasteiger partial charge in [-0.1, -0.05) is 42.0 Å². The van der Waals surface area contributed by atoms with Gasteiger partial charge in [0.1, 0.15) is 6.04 Å². The van der Waals surface area contributed by atoms with E-state index in [1.807, 2.05) is 6.92 Å². The van der Waals surface area contributed by atoms with Gasteiger partial charge in [0.15, 0.2) is 0 Å². The molecule has 4 atom stereocenters. The molecule has 0 saturated carbocycles. The fourth-order valence-electron chi connectivity index (χ4n) is 3.72. The molecule has 25 heavy (non-hydrogen) atoms. The van der Waals surface area contributed by atoms with Crippen molar-refractivity contribution in [2.24, 2.45) is 5.92 Å². The number of aryl methyl sites for hydroxylation is 1. The van der Waals surface area contributed by atoms with E-state index >= 15 is 0 Å². The average Bonchev–Trinajstić information content (AvgIpc) is 3.17. The minimum atomic E-state index is -0.423. The first kappa shape index (κ1) is 15.7. The molecule has 2 saturated heterocycles. The topological polar surface area (TPSA) is 96.3 Å². The van der Waals surface area contributed by atoms with Crippen LogP contribution in [0.3, 0.4) is 0 Å². The van der Waals surface area contributed by atoms with Crippen LogP contribution in [-0.2, 0) is 4.79 Å². The summed E-state index contributed by atoms with van der Waals surface area (Å²) < 4.78 is 0. The van der Waals surface area contributed by atoms with Crippen LogP contribution in [-0.4, -0.2) is 16.9 Å². The molecule has 7 heteroatoms. The molecule has 0 aliphatic carbocycles. The Kier molecular flexibility index (Phi) is 3.74. The number of benzene rings is 2. The van der Waals surface area contributed by atoms with Gasteiger partial charge in [-0.05, 0) is 18.1 Å². The Morgan fingerprint density at radius 2 is 1.44 bits per heavy atom. The van der Waals surface area contributed by atoms with E-state index in [0.29, 0.717) is 0 Å². The molecule has 2 fully saturated rings. The first-order chi connectivity index (χ1) is 12.0. The van der Waals surface area contributed by atoms with Crippen LogP contribution < -0.4 is 16.2 Å². The summed E-state index contributed by atoms with van der Waals surface area (Å²) in [4.78, 5) is 22.7. The first-order valence-corrected chi connectivity index (χ1v) is 8.17.